The predicted molar refractivity (Wildman–Crippen MR) is 77.4 cm³/mol. The normalized spacial score (nSPS) is 10.5. The zero-order valence-electron chi connectivity index (χ0n) is 11.4. The lowest BCUT2D eigenvalue weighted by Gasteiger charge is -2.06. The molecule has 0 atom stereocenters. The fourth-order valence-corrected chi connectivity index (χ4v) is 2.10. The Hall–Kier alpha value is -3.22. The maximum absolute atomic E-state index is 11.0. The van der Waals surface area contributed by atoms with Crippen LogP contribution in [0.1, 0.15) is 15.9 Å². The van der Waals surface area contributed by atoms with Gasteiger partial charge in [0.25, 0.3) is 0 Å². The number of phenols is 1. The second-order valence-electron chi connectivity index (χ2n) is 4.71. The van der Waals surface area contributed by atoms with Gasteiger partial charge in [0.2, 0.25) is 0 Å². The highest BCUT2D eigenvalue weighted by atomic mass is 16.4. The predicted octanol–water partition coefficient (Wildman–Crippen LogP) is 1.79. The van der Waals surface area contributed by atoms with E-state index in [1.807, 2.05) is 6.07 Å². The average Bonchev–Trinajstić information content (AvgIpc) is 2.96. The van der Waals surface area contributed by atoms with Crippen LogP contribution in [-0.4, -0.2) is 36.4 Å². The quantitative estimate of drug-likeness (QED) is 0.761. The van der Waals surface area contributed by atoms with E-state index < -0.39 is 5.97 Å². The van der Waals surface area contributed by atoms with Crippen LogP contribution in [0.15, 0.2) is 48.5 Å². The fourth-order valence-electron chi connectivity index (χ4n) is 2.10. The number of aromatic nitrogens is 4. The molecule has 0 aliphatic rings. The van der Waals surface area contributed by atoms with Crippen LogP contribution in [0.4, 0.5) is 0 Å². The standard InChI is InChI=1S/C15H12N4O3/c20-13-6-4-11(5-7-13)14-16-17-18-19(14)9-10-2-1-3-12(8-10)15(21)22/h1-8,20H,9H2,(H,21,22). The van der Waals surface area contributed by atoms with Crippen LogP contribution in [0.3, 0.4) is 0 Å². The van der Waals surface area contributed by atoms with Crippen LogP contribution in [-0.2, 0) is 6.54 Å². The second-order valence-corrected chi connectivity index (χ2v) is 4.71. The van der Waals surface area contributed by atoms with E-state index in [0.29, 0.717) is 12.4 Å². The molecule has 0 saturated heterocycles. The molecule has 22 heavy (non-hydrogen) atoms. The topological polar surface area (TPSA) is 101 Å². The number of carbonyl (C=O) groups is 1. The second kappa shape index (κ2) is 5.65. The molecule has 7 heteroatoms. The molecule has 110 valence electrons. The molecule has 0 aliphatic heterocycles. The molecule has 0 unspecified atom stereocenters. The summed E-state index contributed by atoms with van der Waals surface area (Å²) in [5.74, 6) is -0.269. The SMILES string of the molecule is O=C(O)c1cccc(Cn2nnnc2-c2ccc(O)cc2)c1. The van der Waals surface area contributed by atoms with Crippen LogP contribution in [0, 0.1) is 0 Å². The molecule has 0 bridgehead atoms. The van der Waals surface area contributed by atoms with Crippen molar-refractivity contribution in [2.75, 3.05) is 0 Å². The lowest BCUT2D eigenvalue weighted by molar-refractivity contribution is 0.0696. The van der Waals surface area contributed by atoms with Gasteiger partial charge in [0.05, 0.1) is 12.1 Å². The molecular weight excluding hydrogens is 284 g/mol. The highest BCUT2D eigenvalue weighted by Crippen LogP contribution is 2.20. The largest absolute Gasteiger partial charge is 0.508 e. The molecule has 0 aliphatic carbocycles. The van der Waals surface area contributed by atoms with Crippen molar-refractivity contribution in [3.05, 3.63) is 59.7 Å². The number of hydrogen-bond donors (Lipinski definition) is 2. The highest BCUT2D eigenvalue weighted by molar-refractivity contribution is 5.87. The average molecular weight is 296 g/mol. The lowest BCUT2D eigenvalue weighted by Crippen LogP contribution is -2.06. The lowest BCUT2D eigenvalue weighted by atomic mass is 10.1. The Morgan fingerprint density at radius 3 is 2.64 bits per heavy atom. The monoisotopic (exact) mass is 296 g/mol. The van der Waals surface area contributed by atoms with Crippen molar-refractivity contribution in [1.29, 1.82) is 0 Å². The van der Waals surface area contributed by atoms with Crippen LogP contribution in [0.2, 0.25) is 0 Å². The van der Waals surface area contributed by atoms with Crippen molar-refractivity contribution >= 4 is 5.97 Å². The smallest absolute Gasteiger partial charge is 0.335 e. The summed E-state index contributed by atoms with van der Waals surface area (Å²) in [6, 6.07) is 13.2. The van der Waals surface area contributed by atoms with Gasteiger partial charge >= 0.3 is 5.97 Å². The third-order valence-corrected chi connectivity index (χ3v) is 3.16. The third kappa shape index (κ3) is 2.78. The number of phenolic OH excluding ortho intramolecular Hbond substituents is 1. The summed E-state index contributed by atoms with van der Waals surface area (Å²) >= 11 is 0. The zero-order valence-corrected chi connectivity index (χ0v) is 11.4. The first-order chi connectivity index (χ1) is 10.6. The Kier molecular flexibility index (Phi) is 3.53. The molecule has 0 fully saturated rings. The van der Waals surface area contributed by atoms with E-state index in [0.717, 1.165) is 11.1 Å². The molecule has 3 aromatic rings. The summed E-state index contributed by atoms with van der Waals surface area (Å²) in [5, 5.41) is 29.9. The molecular formula is C15H12N4O3. The van der Waals surface area contributed by atoms with Crippen LogP contribution in [0.5, 0.6) is 5.75 Å². The van der Waals surface area contributed by atoms with Crippen molar-refractivity contribution in [2.24, 2.45) is 0 Å². The van der Waals surface area contributed by atoms with Crippen molar-refractivity contribution in [3.8, 4) is 17.1 Å². The summed E-state index contributed by atoms with van der Waals surface area (Å²) in [6.07, 6.45) is 0. The minimum Gasteiger partial charge on any atom is -0.508 e. The molecule has 2 aromatic carbocycles. The number of benzene rings is 2. The van der Waals surface area contributed by atoms with Crippen molar-refractivity contribution < 1.29 is 15.0 Å². The van der Waals surface area contributed by atoms with Gasteiger partial charge in [-0.2, -0.15) is 0 Å². The van der Waals surface area contributed by atoms with Gasteiger partial charge in [0, 0.05) is 5.56 Å². The van der Waals surface area contributed by atoms with Gasteiger partial charge in [-0.15, -0.1) is 5.10 Å². The van der Waals surface area contributed by atoms with E-state index in [4.69, 9.17) is 5.11 Å². The van der Waals surface area contributed by atoms with Crippen molar-refractivity contribution in [1.82, 2.24) is 20.2 Å². The first-order valence-electron chi connectivity index (χ1n) is 6.51. The first kappa shape index (κ1) is 13.7. The number of carboxylic acid groups (broad SMARTS) is 1. The summed E-state index contributed by atoms with van der Waals surface area (Å²) in [4.78, 5) is 11.0. The van der Waals surface area contributed by atoms with Crippen LogP contribution in [0.25, 0.3) is 11.4 Å². The number of aromatic carboxylic acids is 1. The molecule has 0 saturated carbocycles. The Bertz CT molecular complexity index is 812. The van der Waals surface area contributed by atoms with Gasteiger partial charge in [0.1, 0.15) is 5.75 Å². The number of nitrogens with zero attached hydrogens (tertiary/aromatic N) is 4. The maximum atomic E-state index is 11.0. The van der Waals surface area contributed by atoms with Crippen LogP contribution >= 0.6 is 0 Å². The van der Waals surface area contributed by atoms with E-state index >= 15 is 0 Å². The van der Waals surface area contributed by atoms with Gasteiger partial charge in [0.15, 0.2) is 5.82 Å². The molecule has 1 aromatic heterocycles. The molecule has 3 rings (SSSR count). The van der Waals surface area contributed by atoms with Gasteiger partial charge in [-0.3, -0.25) is 0 Å². The van der Waals surface area contributed by atoms with E-state index in [2.05, 4.69) is 15.5 Å². The first-order valence-corrected chi connectivity index (χ1v) is 6.51. The van der Waals surface area contributed by atoms with Crippen molar-refractivity contribution in [3.63, 3.8) is 0 Å². The summed E-state index contributed by atoms with van der Waals surface area (Å²) in [5.41, 5.74) is 1.76. The Morgan fingerprint density at radius 2 is 1.91 bits per heavy atom. The number of carboxylic acids is 1. The Morgan fingerprint density at radius 1 is 1.14 bits per heavy atom. The third-order valence-electron chi connectivity index (χ3n) is 3.16. The zero-order chi connectivity index (χ0) is 15.5. The molecule has 2 N–H and O–H groups in total. The van der Waals surface area contributed by atoms with E-state index in [1.165, 1.54) is 6.07 Å². The molecule has 0 radical (unpaired) electrons. The van der Waals surface area contributed by atoms with Crippen molar-refractivity contribution in [2.45, 2.75) is 6.54 Å². The molecule has 0 amide bonds. The molecule has 0 spiro atoms. The van der Waals surface area contributed by atoms with E-state index in [-0.39, 0.29) is 11.3 Å². The molecule has 7 nitrogen and oxygen atoms in total. The maximum Gasteiger partial charge on any atom is 0.335 e. The van der Waals surface area contributed by atoms with Crippen LogP contribution < -0.4 is 0 Å². The number of aromatic hydroxyl groups is 1. The fraction of sp³-hybridized carbons (Fsp3) is 0.0667. The van der Waals surface area contributed by atoms with Gasteiger partial charge in [-0.05, 0) is 52.4 Å². The minimum absolute atomic E-state index is 0.164. The van der Waals surface area contributed by atoms with Gasteiger partial charge in [-0.1, -0.05) is 12.1 Å². The molecule has 1 heterocycles. The minimum atomic E-state index is -0.975. The number of tetrazole rings is 1. The highest BCUT2D eigenvalue weighted by Gasteiger charge is 2.10. The van der Waals surface area contributed by atoms with Gasteiger partial charge in [-0.25, -0.2) is 9.48 Å². The van der Waals surface area contributed by atoms with E-state index in [1.54, 1.807) is 41.1 Å². The van der Waals surface area contributed by atoms with E-state index in [9.17, 15) is 9.90 Å². The Balaban J connectivity index is 1.91. The number of hydrogen-bond acceptors (Lipinski definition) is 5. The summed E-state index contributed by atoms with van der Waals surface area (Å²) in [7, 11) is 0. The Labute approximate surface area is 125 Å². The number of rotatable bonds is 4. The summed E-state index contributed by atoms with van der Waals surface area (Å²) in [6.45, 7) is 0.352. The summed E-state index contributed by atoms with van der Waals surface area (Å²) < 4.78 is 1.58. The van der Waals surface area contributed by atoms with Gasteiger partial charge < -0.3 is 10.2 Å².